The van der Waals surface area contributed by atoms with Gasteiger partial charge in [0.05, 0.1) is 11.1 Å². The molecule has 1 amide bonds. The molecule has 0 unspecified atom stereocenters. The third-order valence-electron chi connectivity index (χ3n) is 3.37. The molecule has 0 aliphatic rings. The minimum absolute atomic E-state index is 0.0863. The van der Waals surface area contributed by atoms with E-state index in [1.807, 2.05) is 0 Å². The van der Waals surface area contributed by atoms with Crippen LogP contribution in [0.15, 0.2) is 6.07 Å². The van der Waals surface area contributed by atoms with Gasteiger partial charge in [0.25, 0.3) is 5.91 Å². The molecule has 0 aliphatic heterocycles. The van der Waals surface area contributed by atoms with Crippen molar-refractivity contribution in [3.63, 3.8) is 0 Å². The molecule has 20 heavy (non-hydrogen) atoms. The molecule has 7 heteroatoms. The van der Waals surface area contributed by atoms with Gasteiger partial charge in [-0.25, -0.2) is 8.78 Å². The third kappa shape index (κ3) is 3.00. The second kappa shape index (κ2) is 6.35. The molecule has 0 atom stereocenters. The van der Waals surface area contributed by atoms with Crippen LogP contribution < -0.4 is 5.32 Å². The number of benzene rings is 1. The number of hydrogen-bond acceptors (Lipinski definition) is 2. The Morgan fingerprint density at radius 2 is 1.85 bits per heavy atom. The van der Waals surface area contributed by atoms with Gasteiger partial charge in [-0.05, 0) is 18.9 Å². The number of carbonyl (C=O) groups excluding carboxylic acids is 1. The first kappa shape index (κ1) is 16.6. The normalized spacial score (nSPS) is 11.5. The van der Waals surface area contributed by atoms with Crippen molar-refractivity contribution in [1.29, 1.82) is 0 Å². The zero-order valence-corrected chi connectivity index (χ0v) is 11.8. The van der Waals surface area contributed by atoms with Gasteiger partial charge in [-0.2, -0.15) is 4.39 Å². The molecule has 1 aromatic carbocycles. The number of rotatable bonds is 5. The number of halogens is 4. The molecule has 1 aromatic rings. The Kier molecular flexibility index (Phi) is 5.28. The van der Waals surface area contributed by atoms with Crippen LogP contribution in [-0.4, -0.2) is 22.4 Å². The second-order valence-corrected chi connectivity index (χ2v) is 4.72. The summed E-state index contributed by atoms with van der Waals surface area (Å²) >= 11 is 5.79. The van der Waals surface area contributed by atoms with Gasteiger partial charge >= 0.3 is 0 Å². The monoisotopic (exact) mass is 309 g/mol. The predicted molar refractivity (Wildman–Crippen MR) is 69.5 cm³/mol. The molecule has 0 aliphatic carbocycles. The van der Waals surface area contributed by atoms with Gasteiger partial charge in [0.15, 0.2) is 17.4 Å². The molecular weight excluding hydrogens is 295 g/mol. The molecule has 3 nitrogen and oxygen atoms in total. The first-order valence-corrected chi connectivity index (χ1v) is 6.60. The van der Waals surface area contributed by atoms with Gasteiger partial charge in [-0.3, -0.25) is 4.79 Å². The largest absolute Gasteiger partial charge is 0.503 e. The highest BCUT2D eigenvalue weighted by molar-refractivity contribution is 6.19. The van der Waals surface area contributed by atoms with E-state index in [4.69, 9.17) is 16.7 Å². The Bertz CT molecular complexity index is 511. The Balaban J connectivity index is 3.17. The van der Waals surface area contributed by atoms with E-state index in [1.54, 1.807) is 13.8 Å². The molecule has 0 saturated carbocycles. The van der Waals surface area contributed by atoms with E-state index in [2.05, 4.69) is 5.32 Å². The average molecular weight is 310 g/mol. The Morgan fingerprint density at radius 3 is 2.30 bits per heavy atom. The van der Waals surface area contributed by atoms with E-state index in [0.29, 0.717) is 18.9 Å². The lowest BCUT2D eigenvalue weighted by molar-refractivity contribution is 0.0896. The fourth-order valence-corrected chi connectivity index (χ4v) is 2.16. The van der Waals surface area contributed by atoms with E-state index < -0.39 is 40.2 Å². The molecule has 0 radical (unpaired) electrons. The number of phenolic OH excluding ortho intramolecular Hbond substituents is 1. The number of aromatic hydroxyl groups is 1. The second-order valence-electron chi connectivity index (χ2n) is 4.46. The van der Waals surface area contributed by atoms with Crippen LogP contribution in [0.5, 0.6) is 5.75 Å². The predicted octanol–water partition coefficient (Wildman–Crippen LogP) is 3.34. The van der Waals surface area contributed by atoms with Crippen molar-refractivity contribution in [2.75, 3.05) is 5.88 Å². The van der Waals surface area contributed by atoms with Crippen LogP contribution >= 0.6 is 11.6 Å². The molecular formula is C13H15ClF3NO2. The van der Waals surface area contributed by atoms with Gasteiger partial charge in [0.1, 0.15) is 0 Å². The SMILES string of the molecule is CCC(CC)(CCl)NC(=O)c1cc(F)c(F)c(O)c1F. The molecule has 2 N–H and O–H groups in total. The molecule has 0 bridgehead atoms. The van der Waals surface area contributed by atoms with E-state index in [0.717, 1.165) is 0 Å². The Morgan fingerprint density at radius 1 is 1.30 bits per heavy atom. The van der Waals surface area contributed by atoms with Crippen molar-refractivity contribution in [3.8, 4) is 5.75 Å². The standard InChI is InChI=1S/C13H15ClF3NO2/c1-3-13(4-2,6-14)18-12(20)7-5-8(15)10(17)11(19)9(7)16/h5,19H,3-4,6H2,1-2H3,(H,18,20). The number of carbonyl (C=O) groups is 1. The zero-order valence-electron chi connectivity index (χ0n) is 11.1. The zero-order chi connectivity index (χ0) is 15.5. The topological polar surface area (TPSA) is 49.3 Å². The highest BCUT2D eigenvalue weighted by Crippen LogP contribution is 2.27. The number of amides is 1. The van der Waals surface area contributed by atoms with Crippen molar-refractivity contribution >= 4 is 17.5 Å². The van der Waals surface area contributed by atoms with Crippen LogP contribution in [0.25, 0.3) is 0 Å². The van der Waals surface area contributed by atoms with Crippen LogP contribution in [0.2, 0.25) is 0 Å². The fourth-order valence-electron chi connectivity index (χ4n) is 1.71. The molecule has 0 saturated heterocycles. The highest BCUT2D eigenvalue weighted by atomic mass is 35.5. The van der Waals surface area contributed by atoms with Crippen molar-refractivity contribution in [2.45, 2.75) is 32.2 Å². The summed E-state index contributed by atoms with van der Waals surface area (Å²) in [4.78, 5) is 12.0. The smallest absolute Gasteiger partial charge is 0.254 e. The van der Waals surface area contributed by atoms with E-state index in [1.165, 1.54) is 0 Å². The van der Waals surface area contributed by atoms with Crippen molar-refractivity contribution in [1.82, 2.24) is 5.32 Å². The van der Waals surface area contributed by atoms with E-state index in [9.17, 15) is 18.0 Å². The van der Waals surface area contributed by atoms with Crippen LogP contribution in [0.3, 0.4) is 0 Å². The Labute approximate surface area is 119 Å². The maximum absolute atomic E-state index is 13.6. The van der Waals surface area contributed by atoms with E-state index >= 15 is 0 Å². The first-order valence-electron chi connectivity index (χ1n) is 6.06. The van der Waals surface area contributed by atoms with Gasteiger partial charge in [0, 0.05) is 5.88 Å². The number of hydrogen-bond donors (Lipinski definition) is 2. The summed E-state index contributed by atoms with van der Waals surface area (Å²) in [5.41, 5.74) is -1.54. The summed E-state index contributed by atoms with van der Waals surface area (Å²) in [6.45, 7) is 3.57. The number of phenols is 1. The van der Waals surface area contributed by atoms with Gasteiger partial charge in [0.2, 0.25) is 5.82 Å². The molecule has 1 rings (SSSR count). The van der Waals surface area contributed by atoms with Gasteiger partial charge < -0.3 is 10.4 Å². The summed E-state index contributed by atoms with van der Waals surface area (Å²) in [5.74, 6) is -7.12. The van der Waals surface area contributed by atoms with Crippen molar-refractivity contribution in [3.05, 3.63) is 29.1 Å². The van der Waals surface area contributed by atoms with Crippen LogP contribution in [0.1, 0.15) is 37.0 Å². The van der Waals surface area contributed by atoms with Gasteiger partial charge in [-0.1, -0.05) is 13.8 Å². The minimum atomic E-state index is -1.73. The Hall–Kier alpha value is -1.43. The molecule has 0 heterocycles. The maximum Gasteiger partial charge on any atom is 0.254 e. The maximum atomic E-state index is 13.6. The summed E-state index contributed by atoms with van der Waals surface area (Å²) in [7, 11) is 0. The quantitative estimate of drug-likeness (QED) is 0.647. The number of nitrogens with one attached hydrogen (secondary N) is 1. The van der Waals surface area contributed by atoms with Gasteiger partial charge in [-0.15, -0.1) is 11.6 Å². The molecule has 0 aromatic heterocycles. The summed E-state index contributed by atoms with van der Waals surface area (Å²) < 4.78 is 39.7. The van der Waals surface area contributed by atoms with Crippen molar-refractivity contribution < 1.29 is 23.1 Å². The van der Waals surface area contributed by atoms with Crippen LogP contribution in [0, 0.1) is 17.5 Å². The van der Waals surface area contributed by atoms with Crippen LogP contribution in [-0.2, 0) is 0 Å². The minimum Gasteiger partial charge on any atom is -0.503 e. The molecule has 0 spiro atoms. The lowest BCUT2D eigenvalue weighted by atomic mass is 9.94. The lowest BCUT2D eigenvalue weighted by Gasteiger charge is -2.30. The summed E-state index contributed by atoms with van der Waals surface area (Å²) in [5, 5.41) is 11.6. The summed E-state index contributed by atoms with van der Waals surface area (Å²) in [6, 6.07) is 0.407. The highest BCUT2D eigenvalue weighted by Gasteiger charge is 2.30. The fraction of sp³-hybridized carbons (Fsp3) is 0.462. The van der Waals surface area contributed by atoms with Crippen LogP contribution in [0.4, 0.5) is 13.2 Å². The third-order valence-corrected chi connectivity index (χ3v) is 3.88. The average Bonchev–Trinajstić information content (AvgIpc) is 2.46. The summed E-state index contributed by atoms with van der Waals surface area (Å²) in [6.07, 6.45) is 0.964. The molecule has 0 fully saturated rings. The van der Waals surface area contributed by atoms with Crippen molar-refractivity contribution in [2.24, 2.45) is 0 Å². The first-order chi connectivity index (χ1) is 9.31. The van der Waals surface area contributed by atoms with E-state index in [-0.39, 0.29) is 5.88 Å². The molecule has 112 valence electrons. The lowest BCUT2D eigenvalue weighted by Crippen LogP contribution is -2.49. The number of alkyl halides is 1.